The monoisotopic (exact) mass is 402 g/mol. The molecule has 0 aliphatic rings. The maximum atomic E-state index is 13.1. The highest BCUT2D eigenvalue weighted by Gasteiger charge is 2.33. The first-order valence-corrected chi connectivity index (χ1v) is 7.98. The number of hydrogen-bond acceptors (Lipinski definition) is 2. The molecule has 0 radical (unpaired) electrons. The highest BCUT2D eigenvalue weighted by atomic mass is 19.4. The summed E-state index contributed by atoms with van der Waals surface area (Å²) < 4.78 is 88.6. The van der Waals surface area contributed by atoms with Crippen molar-refractivity contribution >= 4 is 5.96 Å². The van der Waals surface area contributed by atoms with Crippen LogP contribution in [0.5, 0.6) is 0 Å². The molecule has 0 amide bonds. The predicted octanol–water partition coefficient (Wildman–Crippen LogP) is 3.39. The summed E-state index contributed by atoms with van der Waals surface area (Å²) in [4.78, 5) is 4.95. The fourth-order valence-electron chi connectivity index (χ4n) is 2.31. The van der Waals surface area contributed by atoms with Crippen LogP contribution in [0.1, 0.15) is 17.5 Å². The van der Waals surface area contributed by atoms with Gasteiger partial charge in [-0.25, -0.2) is 4.39 Å². The van der Waals surface area contributed by atoms with E-state index in [2.05, 4.69) is 15.6 Å². The summed E-state index contributed by atoms with van der Waals surface area (Å²) in [7, 11) is 2.74. The highest BCUT2D eigenvalue weighted by molar-refractivity contribution is 5.79. The fourth-order valence-corrected chi connectivity index (χ4v) is 2.31. The number of halogens is 7. The van der Waals surface area contributed by atoms with Crippen LogP contribution in [0.25, 0.3) is 0 Å². The second kappa shape index (κ2) is 9.77. The fraction of sp³-hybridized carbons (Fsp3) is 0.562. The number of nitrogens with zero attached hydrogens (tertiary/aromatic N) is 2. The zero-order valence-corrected chi connectivity index (χ0v) is 14.8. The van der Waals surface area contributed by atoms with Crippen LogP contribution in [0.4, 0.5) is 30.7 Å². The van der Waals surface area contributed by atoms with Gasteiger partial charge in [0.2, 0.25) is 0 Å². The van der Waals surface area contributed by atoms with Crippen LogP contribution in [-0.4, -0.2) is 50.8 Å². The van der Waals surface area contributed by atoms with Gasteiger partial charge in [-0.2, -0.15) is 26.3 Å². The van der Waals surface area contributed by atoms with Crippen LogP contribution in [0.2, 0.25) is 0 Å². The third-order valence-corrected chi connectivity index (χ3v) is 3.51. The van der Waals surface area contributed by atoms with Gasteiger partial charge in [0.15, 0.2) is 5.96 Å². The molecule has 2 N–H and O–H groups in total. The maximum Gasteiger partial charge on any atom is 0.416 e. The van der Waals surface area contributed by atoms with Gasteiger partial charge >= 0.3 is 12.4 Å². The molecule has 0 heterocycles. The molecule has 4 nitrogen and oxygen atoms in total. The second-order valence-corrected chi connectivity index (χ2v) is 5.86. The summed E-state index contributed by atoms with van der Waals surface area (Å²) in [6, 6.07) is 2.38. The van der Waals surface area contributed by atoms with E-state index in [1.807, 2.05) is 0 Å². The van der Waals surface area contributed by atoms with Gasteiger partial charge in [-0.05, 0) is 37.7 Å². The van der Waals surface area contributed by atoms with Crippen LogP contribution in [0, 0.1) is 5.82 Å². The van der Waals surface area contributed by atoms with Crippen molar-refractivity contribution in [3.63, 3.8) is 0 Å². The van der Waals surface area contributed by atoms with Crippen LogP contribution >= 0.6 is 0 Å². The van der Waals surface area contributed by atoms with Gasteiger partial charge in [0.25, 0.3) is 0 Å². The first kappa shape index (κ1) is 23.0. The number of alkyl halides is 6. The van der Waals surface area contributed by atoms with Gasteiger partial charge in [0.1, 0.15) is 5.82 Å². The van der Waals surface area contributed by atoms with E-state index in [1.54, 1.807) is 0 Å². The normalized spacial score (nSPS) is 13.2. The quantitative estimate of drug-likeness (QED) is 0.318. The Bertz CT molecular complexity index is 626. The Hall–Kier alpha value is -2.04. The SMILES string of the molecule is CN=C(NCCCN(C)CC(F)(F)F)NCc1ccc(F)cc1C(F)(F)F. The topological polar surface area (TPSA) is 39.7 Å². The van der Waals surface area contributed by atoms with Crippen molar-refractivity contribution in [3.05, 3.63) is 35.1 Å². The summed E-state index contributed by atoms with van der Waals surface area (Å²) in [5.41, 5.74) is -1.24. The van der Waals surface area contributed by atoms with E-state index >= 15 is 0 Å². The van der Waals surface area contributed by atoms with Crippen molar-refractivity contribution in [1.82, 2.24) is 15.5 Å². The molecular weight excluding hydrogens is 381 g/mol. The summed E-state index contributed by atoms with van der Waals surface area (Å²) in [5.74, 6) is -0.803. The van der Waals surface area contributed by atoms with Crippen molar-refractivity contribution in [2.45, 2.75) is 25.3 Å². The van der Waals surface area contributed by atoms with E-state index in [0.29, 0.717) is 12.5 Å². The summed E-state index contributed by atoms with van der Waals surface area (Å²) in [6.07, 6.45) is -8.60. The Labute approximate surface area is 152 Å². The van der Waals surface area contributed by atoms with Crippen LogP contribution in [0.3, 0.4) is 0 Å². The maximum absolute atomic E-state index is 13.1. The average Bonchev–Trinajstić information content (AvgIpc) is 2.52. The molecule has 11 heteroatoms. The lowest BCUT2D eigenvalue weighted by Crippen LogP contribution is -2.39. The Morgan fingerprint density at radius 1 is 1.11 bits per heavy atom. The predicted molar refractivity (Wildman–Crippen MR) is 87.8 cm³/mol. The third-order valence-electron chi connectivity index (χ3n) is 3.51. The van der Waals surface area contributed by atoms with E-state index in [0.717, 1.165) is 17.0 Å². The molecule has 0 bridgehead atoms. The van der Waals surface area contributed by atoms with Crippen molar-refractivity contribution in [2.24, 2.45) is 4.99 Å². The van der Waals surface area contributed by atoms with Gasteiger partial charge in [-0.15, -0.1) is 0 Å². The van der Waals surface area contributed by atoms with E-state index in [1.165, 1.54) is 14.1 Å². The van der Waals surface area contributed by atoms with E-state index in [-0.39, 0.29) is 31.2 Å². The molecule has 1 aromatic rings. The molecule has 0 atom stereocenters. The Kier molecular flexibility index (Phi) is 8.32. The highest BCUT2D eigenvalue weighted by Crippen LogP contribution is 2.32. The summed E-state index contributed by atoms with van der Waals surface area (Å²) >= 11 is 0. The average molecular weight is 402 g/mol. The van der Waals surface area contributed by atoms with Crippen LogP contribution < -0.4 is 10.6 Å². The van der Waals surface area contributed by atoms with Crippen molar-refractivity contribution in [2.75, 3.05) is 33.7 Å². The lowest BCUT2D eigenvalue weighted by atomic mass is 10.1. The van der Waals surface area contributed by atoms with Crippen molar-refractivity contribution in [3.8, 4) is 0 Å². The molecule has 0 unspecified atom stereocenters. The van der Waals surface area contributed by atoms with Gasteiger partial charge in [0, 0.05) is 20.1 Å². The lowest BCUT2D eigenvalue weighted by molar-refractivity contribution is -0.143. The van der Waals surface area contributed by atoms with Gasteiger partial charge in [-0.1, -0.05) is 6.07 Å². The number of aliphatic imine (C=N–C) groups is 1. The number of hydrogen-bond donors (Lipinski definition) is 2. The summed E-state index contributed by atoms with van der Waals surface area (Å²) in [6.45, 7) is -0.815. The van der Waals surface area contributed by atoms with E-state index in [4.69, 9.17) is 0 Å². The number of guanidine groups is 1. The molecule has 0 aliphatic heterocycles. The first-order chi connectivity index (χ1) is 12.4. The molecule has 1 aromatic carbocycles. The first-order valence-electron chi connectivity index (χ1n) is 7.98. The lowest BCUT2D eigenvalue weighted by Gasteiger charge is -2.19. The second-order valence-electron chi connectivity index (χ2n) is 5.86. The standard InChI is InChI=1S/C16H21F7N4/c1-24-14(25-6-3-7-27(2)10-15(18,19)20)26-9-11-4-5-12(17)8-13(11)16(21,22)23/h4-5,8H,3,6-7,9-10H2,1-2H3,(H2,24,25,26). The third kappa shape index (κ3) is 8.94. The number of benzene rings is 1. The Morgan fingerprint density at radius 3 is 2.33 bits per heavy atom. The summed E-state index contributed by atoms with van der Waals surface area (Å²) in [5, 5.41) is 5.47. The van der Waals surface area contributed by atoms with Gasteiger partial charge < -0.3 is 10.6 Å². The number of nitrogens with one attached hydrogen (secondary N) is 2. The van der Waals surface area contributed by atoms with E-state index < -0.39 is 30.3 Å². The molecular formula is C16H21F7N4. The zero-order chi connectivity index (χ0) is 20.7. The zero-order valence-electron chi connectivity index (χ0n) is 14.8. The van der Waals surface area contributed by atoms with Crippen LogP contribution in [0.15, 0.2) is 23.2 Å². The molecule has 0 saturated heterocycles. The largest absolute Gasteiger partial charge is 0.416 e. The molecule has 1 rings (SSSR count). The van der Waals surface area contributed by atoms with Gasteiger partial charge in [0.05, 0.1) is 12.1 Å². The molecule has 0 spiro atoms. The Morgan fingerprint density at radius 2 is 1.78 bits per heavy atom. The molecule has 0 fully saturated rings. The van der Waals surface area contributed by atoms with Gasteiger partial charge in [-0.3, -0.25) is 9.89 Å². The minimum absolute atomic E-state index is 0.156. The molecule has 0 aliphatic carbocycles. The molecule has 0 aromatic heterocycles. The minimum atomic E-state index is -4.70. The van der Waals surface area contributed by atoms with Crippen molar-refractivity contribution in [1.29, 1.82) is 0 Å². The minimum Gasteiger partial charge on any atom is -0.356 e. The molecule has 27 heavy (non-hydrogen) atoms. The molecule has 154 valence electrons. The number of rotatable bonds is 7. The smallest absolute Gasteiger partial charge is 0.356 e. The van der Waals surface area contributed by atoms with E-state index in [9.17, 15) is 30.7 Å². The Balaban J connectivity index is 2.50. The van der Waals surface area contributed by atoms with Crippen LogP contribution in [-0.2, 0) is 12.7 Å². The van der Waals surface area contributed by atoms with Crippen molar-refractivity contribution < 1.29 is 30.7 Å². The molecule has 0 saturated carbocycles.